The van der Waals surface area contributed by atoms with Gasteiger partial charge in [-0.05, 0) is 19.2 Å². The molecule has 20 heavy (non-hydrogen) atoms. The predicted molar refractivity (Wildman–Crippen MR) is 76.6 cm³/mol. The van der Waals surface area contributed by atoms with E-state index in [4.69, 9.17) is 4.74 Å². The van der Waals surface area contributed by atoms with Crippen LogP contribution in [0.1, 0.15) is 5.69 Å². The minimum Gasteiger partial charge on any atom is -0.435 e. The summed E-state index contributed by atoms with van der Waals surface area (Å²) in [5.74, 6) is 1.15. The van der Waals surface area contributed by atoms with Crippen LogP contribution in [0.25, 0.3) is 10.9 Å². The Bertz CT molecular complexity index is 724. The Morgan fingerprint density at radius 2 is 2.05 bits per heavy atom. The Morgan fingerprint density at radius 1 is 1.15 bits per heavy atom. The van der Waals surface area contributed by atoms with Crippen molar-refractivity contribution in [2.75, 3.05) is 7.05 Å². The molecule has 2 heterocycles. The van der Waals surface area contributed by atoms with Crippen LogP contribution >= 0.6 is 0 Å². The molecule has 1 aromatic carbocycles. The van der Waals surface area contributed by atoms with E-state index in [1.165, 1.54) is 0 Å². The molecule has 0 atom stereocenters. The quantitative estimate of drug-likeness (QED) is 0.786. The molecular formula is C15H14N4O. The van der Waals surface area contributed by atoms with Gasteiger partial charge in [0.2, 0.25) is 5.88 Å². The van der Waals surface area contributed by atoms with Crippen molar-refractivity contribution in [3.05, 3.63) is 54.6 Å². The number of nitrogens with zero attached hydrogens (tertiary/aromatic N) is 3. The number of para-hydroxylation sites is 1. The summed E-state index contributed by atoms with van der Waals surface area (Å²) in [6.07, 6.45) is 5.06. The van der Waals surface area contributed by atoms with Crippen LogP contribution in [0, 0.1) is 0 Å². The van der Waals surface area contributed by atoms with E-state index >= 15 is 0 Å². The Balaban J connectivity index is 1.95. The monoisotopic (exact) mass is 266 g/mol. The molecular weight excluding hydrogens is 252 g/mol. The van der Waals surface area contributed by atoms with Crippen LogP contribution in [-0.4, -0.2) is 22.0 Å². The van der Waals surface area contributed by atoms with E-state index in [0.717, 1.165) is 16.6 Å². The molecule has 0 spiro atoms. The highest BCUT2D eigenvalue weighted by Crippen LogP contribution is 2.26. The lowest BCUT2D eigenvalue weighted by Crippen LogP contribution is -2.07. The molecule has 0 unspecified atom stereocenters. The minimum absolute atomic E-state index is 0.468. The van der Waals surface area contributed by atoms with Gasteiger partial charge in [0.1, 0.15) is 5.52 Å². The highest BCUT2D eigenvalue weighted by Gasteiger charge is 2.06. The Morgan fingerprint density at radius 3 is 2.95 bits per heavy atom. The van der Waals surface area contributed by atoms with Crippen LogP contribution in [0.15, 0.2) is 48.9 Å². The van der Waals surface area contributed by atoms with Crippen LogP contribution in [0.2, 0.25) is 0 Å². The van der Waals surface area contributed by atoms with Gasteiger partial charge in [-0.3, -0.25) is 9.97 Å². The van der Waals surface area contributed by atoms with Gasteiger partial charge in [0.15, 0.2) is 5.75 Å². The van der Waals surface area contributed by atoms with Gasteiger partial charge in [-0.2, -0.15) is 0 Å². The van der Waals surface area contributed by atoms with Crippen LogP contribution in [-0.2, 0) is 6.54 Å². The van der Waals surface area contributed by atoms with Crippen molar-refractivity contribution in [1.29, 1.82) is 0 Å². The summed E-state index contributed by atoms with van der Waals surface area (Å²) >= 11 is 0. The molecule has 0 fully saturated rings. The maximum atomic E-state index is 5.81. The summed E-state index contributed by atoms with van der Waals surface area (Å²) in [6, 6.07) is 9.71. The summed E-state index contributed by atoms with van der Waals surface area (Å²) in [5, 5.41) is 4.07. The Labute approximate surface area is 116 Å². The maximum Gasteiger partial charge on any atom is 0.238 e. The number of rotatable bonds is 4. The average Bonchev–Trinajstić information content (AvgIpc) is 2.48. The first-order valence-electron chi connectivity index (χ1n) is 6.34. The molecule has 100 valence electrons. The number of pyridine rings is 1. The molecule has 3 aromatic rings. The second-order valence-electron chi connectivity index (χ2n) is 4.31. The van der Waals surface area contributed by atoms with Crippen molar-refractivity contribution in [3.8, 4) is 11.6 Å². The third kappa shape index (κ3) is 2.57. The van der Waals surface area contributed by atoms with Gasteiger partial charge >= 0.3 is 0 Å². The fourth-order valence-electron chi connectivity index (χ4n) is 1.97. The van der Waals surface area contributed by atoms with Crippen LogP contribution in [0.4, 0.5) is 0 Å². The van der Waals surface area contributed by atoms with Gasteiger partial charge in [-0.1, -0.05) is 18.2 Å². The summed E-state index contributed by atoms with van der Waals surface area (Å²) in [5.41, 5.74) is 1.65. The van der Waals surface area contributed by atoms with E-state index in [1.54, 1.807) is 18.6 Å². The SMILES string of the molecule is CNCc1cncc(Oc2cccc3cccnc23)n1. The van der Waals surface area contributed by atoms with Gasteiger partial charge in [0.25, 0.3) is 0 Å². The van der Waals surface area contributed by atoms with Gasteiger partial charge < -0.3 is 10.1 Å². The highest BCUT2D eigenvalue weighted by molar-refractivity contribution is 5.84. The molecule has 0 radical (unpaired) electrons. The lowest BCUT2D eigenvalue weighted by molar-refractivity contribution is 0.461. The lowest BCUT2D eigenvalue weighted by atomic mass is 10.2. The third-order valence-corrected chi connectivity index (χ3v) is 2.83. The fraction of sp³-hybridized carbons (Fsp3) is 0.133. The van der Waals surface area contributed by atoms with E-state index in [2.05, 4.69) is 20.3 Å². The first-order chi connectivity index (χ1) is 9.86. The smallest absolute Gasteiger partial charge is 0.238 e. The zero-order valence-corrected chi connectivity index (χ0v) is 11.1. The standard InChI is InChI=1S/C15H14N4O/c1-16-8-12-9-17-10-14(19-12)20-13-6-2-4-11-5-3-7-18-15(11)13/h2-7,9-10,16H,8H2,1H3. The van der Waals surface area contributed by atoms with E-state index in [1.807, 2.05) is 37.4 Å². The number of hydrogen-bond donors (Lipinski definition) is 1. The molecule has 0 amide bonds. The number of benzene rings is 1. The Kier molecular flexibility index (Phi) is 3.52. The van der Waals surface area contributed by atoms with Crippen molar-refractivity contribution in [2.45, 2.75) is 6.54 Å². The highest BCUT2D eigenvalue weighted by atomic mass is 16.5. The van der Waals surface area contributed by atoms with Gasteiger partial charge in [-0.25, -0.2) is 4.98 Å². The number of hydrogen-bond acceptors (Lipinski definition) is 5. The topological polar surface area (TPSA) is 59.9 Å². The fourth-order valence-corrected chi connectivity index (χ4v) is 1.97. The number of nitrogens with one attached hydrogen (secondary N) is 1. The van der Waals surface area contributed by atoms with Crippen molar-refractivity contribution in [2.24, 2.45) is 0 Å². The number of ether oxygens (including phenoxy) is 1. The van der Waals surface area contributed by atoms with Crippen molar-refractivity contribution < 1.29 is 4.74 Å². The van der Waals surface area contributed by atoms with Crippen LogP contribution in [0.5, 0.6) is 11.6 Å². The summed E-state index contributed by atoms with van der Waals surface area (Å²) < 4.78 is 5.81. The van der Waals surface area contributed by atoms with Crippen molar-refractivity contribution in [3.63, 3.8) is 0 Å². The molecule has 3 rings (SSSR count). The molecule has 5 nitrogen and oxygen atoms in total. The van der Waals surface area contributed by atoms with Gasteiger partial charge in [0, 0.05) is 24.3 Å². The summed E-state index contributed by atoms with van der Waals surface area (Å²) in [6.45, 7) is 0.651. The number of aromatic nitrogens is 3. The van der Waals surface area contributed by atoms with Crippen molar-refractivity contribution in [1.82, 2.24) is 20.3 Å². The normalized spacial score (nSPS) is 10.7. The molecule has 2 aromatic heterocycles. The van der Waals surface area contributed by atoms with Crippen LogP contribution in [0.3, 0.4) is 0 Å². The van der Waals surface area contributed by atoms with E-state index in [-0.39, 0.29) is 0 Å². The molecule has 0 saturated carbocycles. The van der Waals surface area contributed by atoms with E-state index < -0.39 is 0 Å². The molecule has 1 N–H and O–H groups in total. The van der Waals surface area contributed by atoms with E-state index in [9.17, 15) is 0 Å². The van der Waals surface area contributed by atoms with Gasteiger partial charge in [0.05, 0.1) is 11.9 Å². The first-order valence-corrected chi connectivity index (χ1v) is 6.34. The third-order valence-electron chi connectivity index (χ3n) is 2.83. The van der Waals surface area contributed by atoms with Crippen molar-refractivity contribution >= 4 is 10.9 Å². The molecule has 0 aliphatic rings. The largest absolute Gasteiger partial charge is 0.435 e. The second-order valence-corrected chi connectivity index (χ2v) is 4.31. The maximum absolute atomic E-state index is 5.81. The van der Waals surface area contributed by atoms with E-state index in [0.29, 0.717) is 18.2 Å². The summed E-state index contributed by atoms with van der Waals surface area (Å²) in [7, 11) is 1.86. The molecule has 0 saturated heterocycles. The van der Waals surface area contributed by atoms with Crippen LogP contribution < -0.4 is 10.1 Å². The minimum atomic E-state index is 0.468. The predicted octanol–water partition coefficient (Wildman–Crippen LogP) is 2.54. The molecule has 0 aliphatic carbocycles. The molecule has 0 bridgehead atoms. The second kappa shape index (κ2) is 5.63. The van der Waals surface area contributed by atoms with Gasteiger partial charge in [-0.15, -0.1) is 0 Å². The average molecular weight is 266 g/mol. The summed E-state index contributed by atoms with van der Waals surface area (Å²) in [4.78, 5) is 12.9. The first kappa shape index (κ1) is 12.5. The zero-order chi connectivity index (χ0) is 13.8. The molecule has 5 heteroatoms. The Hall–Kier alpha value is -2.53. The zero-order valence-electron chi connectivity index (χ0n) is 11.1. The molecule has 0 aliphatic heterocycles. The number of fused-ring (bicyclic) bond motifs is 1. The lowest BCUT2D eigenvalue weighted by Gasteiger charge is -2.08.